The molecule has 1 saturated heterocycles. The van der Waals surface area contributed by atoms with Crippen molar-refractivity contribution in [2.75, 3.05) is 13.7 Å². The monoisotopic (exact) mass is 252 g/mol. The number of nitrogens with zero attached hydrogens (tertiary/aromatic N) is 2. The smallest absolute Gasteiger partial charge is 0.216 e. The van der Waals surface area contributed by atoms with E-state index in [0.717, 1.165) is 25.1 Å². The SMILES string of the molecule is CCC1OCCC1C(O)Cc1cc(OC)ncn1. The predicted octanol–water partition coefficient (Wildman–Crippen LogP) is 1.20. The molecule has 1 aliphatic rings. The molecule has 0 spiro atoms. The van der Waals surface area contributed by atoms with Gasteiger partial charge in [-0.2, -0.15) is 0 Å². The molecule has 1 N–H and O–H groups in total. The third-order valence-electron chi connectivity index (χ3n) is 3.48. The molecule has 5 nitrogen and oxygen atoms in total. The number of aromatic nitrogens is 2. The second-order valence-corrected chi connectivity index (χ2v) is 4.59. The molecular formula is C13H20N2O3. The first-order chi connectivity index (χ1) is 8.74. The van der Waals surface area contributed by atoms with Gasteiger partial charge in [-0.3, -0.25) is 0 Å². The fraction of sp³-hybridized carbons (Fsp3) is 0.692. The van der Waals surface area contributed by atoms with Gasteiger partial charge in [-0.25, -0.2) is 9.97 Å². The summed E-state index contributed by atoms with van der Waals surface area (Å²) in [6, 6.07) is 1.76. The molecule has 5 heteroatoms. The molecule has 0 aliphatic carbocycles. The Balaban J connectivity index is 1.99. The number of aliphatic hydroxyl groups excluding tert-OH is 1. The van der Waals surface area contributed by atoms with Crippen LogP contribution in [0, 0.1) is 5.92 Å². The summed E-state index contributed by atoms with van der Waals surface area (Å²) in [5.74, 6) is 0.734. The molecule has 2 heterocycles. The fourth-order valence-corrected chi connectivity index (χ4v) is 2.49. The number of hydrogen-bond acceptors (Lipinski definition) is 5. The van der Waals surface area contributed by atoms with E-state index in [-0.39, 0.29) is 12.0 Å². The van der Waals surface area contributed by atoms with Crippen molar-refractivity contribution >= 4 is 0 Å². The van der Waals surface area contributed by atoms with Crippen LogP contribution in [-0.2, 0) is 11.2 Å². The lowest BCUT2D eigenvalue weighted by Gasteiger charge is -2.22. The Morgan fingerprint density at radius 3 is 3.11 bits per heavy atom. The quantitative estimate of drug-likeness (QED) is 0.853. The van der Waals surface area contributed by atoms with Gasteiger partial charge in [-0.05, 0) is 12.8 Å². The summed E-state index contributed by atoms with van der Waals surface area (Å²) in [6.07, 6.45) is 3.59. The van der Waals surface area contributed by atoms with Gasteiger partial charge in [-0.1, -0.05) is 6.92 Å². The van der Waals surface area contributed by atoms with E-state index in [1.165, 1.54) is 6.33 Å². The maximum absolute atomic E-state index is 10.3. The summed E-state index contributed by atoms with van der Waals surface area (Å²) >= 11 is 0. The highest BCUT2D eigenvalue weighted by atomic mass is 16.5. The van der Waals surface area contributed by atoms with Crippen LogP contribution in [0.3, 0.4) is 0 Å². The molecule has 0 amide bonds. The Morgan fingerprint density at radius 2 is 2.39 bits per heavy atom. The molecule has 3 unspecified atom stereocenters. The van der Waals surface area contributed by atoms with E-state index in [4.69, 9.17) is 9.47 Å². The maximum Gasteiger partial charge on any atom is 0.216 e. The lowest BCUT2D eigenvalue weighted by atomic mass is 9.90. The van der Waals surface area contributed by atoms with Crippen LogP contribution >= 0.6 is 0 Å². The Hall–Kier alpha value is -1.20. The van der Waals surface area contributed by atoms with Gasteiger partial charge in [0.25, 0.3) is 0 Å². The standard InChI is InChI=1S/C13H20N2O3/c1-3-12-10(4-5-18-12)11(16)6-9-7-13(17-2)15-8-14-9/h7-8,10-12,16H,3-6H2,1-2H3. The van der Waals surface area contributed by atoms with Crippen molar-refractivity contribution in [3.05, 3.63) is 18.1 Å². The van der Waals surface area contributed by atoms with Gasteiger partial charge < -0.3 is 14.6 Å². The molecule has 0 radical (unpaired) electrons. The number of rotatable bonds is 5. The van der Waals surface area contributed by atoms with Crippen LogP contribution in [0.25, 0.3) is 0 Å². The lowest BCUT2D eigenvalue weighted by molar-refractivity contribution is 0.0313. The Kier molecular flexibility index (Phi) is 4.49. The van der Waals surface area contributed by atoms with Crippen molar-refractivity contribution in [3.63, 3.8) is 0 Å². The van der Waals surface area contributed by atoms with Crippen molar-refractivity contribution in [3.8, 4) is 5.88 Å². The van der Waals surface area contributed by atoms with Crippen molar-refractivity contribution in [1.29, 1.82) is 0 Å². The van der Waals surface area contributed by atoms with Crippen LogP contribution in [0.4, 0.5) is 0 Å². The normalized spacial score (nSPS) is 25.1. The van der Waals surface area contributed by atoms with Crippen LogP contribution in [0.15, 0.2) is 12.4 Å². The van der Waals surface area contributed by atoms with Gasteiger partial charge >= 0.3 is 0 Å². The highest BCUT2D eigenvalue weighted by molar-refractivity contribution is 5.14. The van der Waals surface area contributed by atoms with E-state index in [1.54, 1.807) is 13.2 Å². The Labute approximate surface area is 107 Å². The fourth-order valence-electron chi connectivity index (χ4n) is 2.49. The summed E-state index contributed by atoms with van der Waals surface area (Å²) in [4.78, 5) is 8.11. The van der Waals surface area contributed by atoms with Gasteiger partial charge in [0.2, 0.25) is 5.88 Å². The summed E-state index contributed by atoms with van der Waals surface area (Å²) in [5.41, 5.74) is 0.802. The minimum Gasteiger partial charge on any atom is -0.481 e. The zero-order valence-electron chi connectivity index (χ0n) is 10.9. The minimum atomic E-state index is -0.419. The predicted molar refractivity (Wildman–Crippen MR) is 66.4 cm³/mol. The molecule has 0 bridgehead atoms. The molecule has 1 fully saturated rings. The van der Waals surface area contributed by atoms with E-state index < -0.39 is 6.10 Å². The van der Waals surface area contributed by atoms with E-state index in [1.807, 2.05) is 0 Å². The van der Waals surface area contributed by atoms with E-state index >= 15 is 0 Å². The van der Waals surface area contributed by atoms with Crippen LogP contribution in [0.5, 0.6) is 5.88 Å². The van der Waals surface area contributed by atoms with E-state index in [9.17, 15) is 5.11 Å². The zero-order valence-corrected chi connectivity index (χ0v) is 10.9. The van der Waals surface area contributed by atoms with Crippen molar-refractivity contribution in [2.24, 2.45) is 5.92 Å². The third-order valence-corrected chi connectivity index (χ3v) is 3.48. The highest BCUT2D eigenvalue weighted by Gasteiger charge is 2.32. The first-order valence-corrected chi connectivity index (χ1v) is 6.39. The number of ether oxygens (including phenoxy) is 2. The number of hydrogen-bond donors (Lipinski definition) is 1. The second kappa shape index (κ2) is 6.11. The van der Waals surface area contributed by atoms with E-state index in [0.29, 0.717) is 12.3 Å². The minimum absolute atomic E-state index is 0.170. The third kappa shape index (κ3) is 2.97. The molecule has 18 heavy (non-hydrogen) atoms. The highest BCUT2D eigenvalue weighted by Crippen LogP contribution is 2.28. The van der Waals surface area contributed by atoms with Gasteiger partial charge in [0.15, 0.2) is 0 Å². The Bertz CT molecular complexity index is 386. The van der Waals surface area contributed by atoms with Crippen LogP contribution in [0.1, 0.15) is 25.5 Å². The first kappa shape index (κ1) is 13.2. The summed E-state index contributed by atoms with van der Waals surface area (Å²) in [6.45, 7) is 2.83. The van der Waals surface area contributed by atoms with Gasteiger partial charge in [-0.15, -0.1) is 0 Å². The van der Waals surface area contributed by atoms with Crippen LogP contribution in [0.2, 0.25) is 0 Å². The average molecular weight is 252 g/mol. The first-order valence-electron chi connectivity index (χ1n) is 6.39. The molecule has 1 aliphatic heterocycles. The van der Waals surface area contributed by atoms with E-state index in [2.05, 4.69) is 16.9 Å². The zero-order chi connectivity index (χ0) is 13.0. The van der Waals surface area contributed by atoms with Crippen molar-refractivity contribution < 1.29 is 14.6 Å². The van der Waals surface area contributed by atoms with Gasteiger partial charge in [0.1, 0.15) is 6.33 Å². The summed E-state index contributed by atoms with van der Waals surface area (Å²) < 4.78 is 10.6. The molecule has 1 aromatic rings. The van der Waals surface area contributed by atoms with Crippen molar-refractivity contribution in [1.82, 2.24) is 9.97 Å². The maximum atomic E-state index is 10.3. The van der Waals surface area contributed by atoms with Crippen molar-refractivity contribution in [2.45, 2.75) is 38.4 Å². The molecule has 2 rings (SSSR count). The lowest BCUT2D eigenvalue weighted by Crippen LogP contribution is -2.29. The largest absolute Gasteiger partial charge is 0.481 e. The molecule has 3 atom stereocenters. The molecule has 100 valence electrons. The molecular weight excluding hydrogens is 232 g/mol. The number of aliphatic hydroxyl groups is 1. The second-order valence-electron chi connectivity index (χ2n) is 4.59. The summed E-state index contributed by atoms with van der Waals surface area (Å²) in [5, 5.41) is 10.3. The topological polar surface area (TPSA) is 64.5 Å². The van der Waals surface area contributed by atoms with Gasteiger partial charge in [0, 0.05) is 25.0 Å². The van der Waals surface area contributed by atoms with Gasteiger partial charge in [0.05, 0.1) is 25.0 Å². The van der Waals surface area contributed by atoms with Crippen LogP contribution < -0.4 is 4.74 Å². The molecule has 0 saturated carbocycles. The average Bonchev–Trinajstić information content (AvgIpc) is 2.87. The Morgan fingerprint density at radius 1 is 1.56 bits per heavy atom. The van der Waals surface area contributed by atoms with Crippen LogP contribution in [-0.4, -0.2) is 41.0 Å². The number of methoxy groups -OCH3 is 1. The summed E-state index contributed by atoms with van der Waals surface area (Å²) in [7, 11) is 1.57. The molecule has 0 aromatic carbocycles. The molecule has 1 aromatic heterocycles.